The molecule has 0 unspecified atom stereocenters. The molecule has 1 aromatic carbocycles. The number of hydrogen-bond donors (Lipinski definition) is 1. The number of benzene rings is 1. The molecule has 0 saturated heterocycles. The molecule has 0 aliphatic carbocycles. The lowest BCUT2D eigenvalue weighted by atomic mass is 10.0. The molecular weight excluding hydrogens is 306 g/mol. The molecule has 2 N–H and O–H groups in total. The van der Waals surface area contributed by atoms with Crippen LogP contribution in [0, 0.1) is 17.2 Å². The molecule has 0 aliphatic rings. The fraction of sp³-hybridized carbons (Fsp3) is 0.429. The van der Waals surface area contributed by atoms with Gasteiger partial charge in [-0.2, -0.15) is 5.26 Å². The average molecular weight is 324 g/mol. The second-order valence-electron chi connectivity index (χ2n) is 4.47. The zero-order valence-corrected chi connectivity index (χ0v) is 12.7. The van der Waals surface area contributed by atoms with Gasteiger partial charge < -0.3 is 5.73 Å². The highest BCUT2D eigenvalue weighted by atomic mass is 79.9. The molecule has 1 amide bonds. The predicted octanol–water partition coefficient (Wildman–Crippen LogP) is 2.46. The molecule has 5 heteroatoms. The highest BCUT2D eigenvalue weighted by Crippen LogP contribution is 2.23. The van der Waals surface area contributed by atoms with Gasteiger partial charge in [-0.05, 0) is 31.2 Å². The van der Waals surface area contributed by atoms with E-state index in [4.69, 9.17) is 11.0 Å². The molecular formula is C14H18BrN3O. The minimum atomic E-state index is -0.492. The molecule has 1 aromatic rings. The van der Waals surface area contributed by atoms with Crippen LogP contribution in [0.3, 0.4) is 0 Å². The van der Waals surface area contributed by atoms with Crippen LogP contribution in [0.25, 0.3) is 0 Å². The Bertz CT molecular complexity index is 467. The third-order valence-electron chi connectivity index (χ3n) is 2.96. The van der Waals surface area contributed by atoms with E-state index < -0.39 is 11.9 Å². The second kappa shape index (κ2) is 7.27. The Kier molecular flexibility index (Phi) is 6.00. The number of likely N-dealkylation sites (N-methyl/N-ethyl adjacent to an activating group) is 1. The van der Waals surface area contributed by atoms with Gasteiger partial charge in [-0.1, -0.05) is 35.0 Å². The van der Waals surface area contributed by atoms with E-state index in [0.717, 1.165) is 10.0 Å². The number of carbonyl (C=O) groups is 1. The maximum atomic E-state index is 11.7. The average Bonchev–Trinajstić information content (AvgIpc) is 2.39. The molecule has 102 valence electrons. The zero-order valence-electron chi connectivity index (χ0n) is 11.1. The third kappa shape index (κ3) is 4.34. The number of carbonyl (C=O) groups excluding carboxylic acids is 1. The third-order valence-corrected chi connectivity index (χ3v) is 3.48. The van der Waals surface area contributed by atoms with Crippen LogP contribution in [0.15, 0.2) is 28.7 Å². The van der Waals surface area contributed by atoms with Gasteiger partial charge in [-0.3, -0.25) is 9.69 Å². The molecule has 0 saturated carbocycles. The smallest absolute Gasteiger partial charge is 0.239 e. The number of primary amides is 1. The number of hydrogen-bond acceptors (Lipinski definition) is 3. The Morgan fingerprint density at radius 1 is 1.47 bits per heavy atom. The lowest BCUT2D eigenvalue weighted by Crippen LogP contribution is -2.39. The molecule has 0 aliphatic heterocycles. The molecule has 0 radical (unpaired) electrons. The van der Waals surface area contributed by atoms with E-state index in [0.29, 0.717) is 13.1 Å². The van der Waals surface area contributed by atoms with Gasteiger partial charge in [0.25, 0.3) is 0 Å². The highest BCUT2D eigenvalue weighted by Gasteiger charge is 2.25. The predicted molar refractivity (Wildman–Crippen MR) is 78.1 cm³/mol. The van der Waals surface area contributed by atoms with Crippen LogP contribution in [-0.4, -0.2) is 23.9 Å². The van der Waals surface area contributed by atoms with Crippen molar-refractivity contribution in [2.24, 2.45) is 11.7 Å². The van der Waals surface area contributed by atoms with E-state index >= 15 is 0 Å². The molecule has 1 rings (SSSR count). The van der Waals surface area contributed by atoms with Crippen molar-refractivity contribution in [1.82, 2.24) is 4.90 Å². The summed E-state index contributed by atoms with van der Waals surface area (Å²) in [5.74, 6) is -0.536. The first-order valence-corrected chi connectivity index (χ1v) is 6.97. The lowest BCUT2D eigenvalue weighted by molar-refractivity contribution is -0.123. The SMILES string of the molecule is CCN(C[C@@H](C)C#N)[C@@H](C(N)=O)c1ccc(Br)cc1. The largest absolute Gasteiger partial charge is 0.368 e. The summed E-state index contributed by atoms with van der Waals surface area (Å²) < 4.78 is 0.952. The summed E-state index contributed by atoms with van der Waals surface area (Å²) in [4.78, 5) is 13.7. The van der Waals surface area contributed by atoms with Crippen molar-refractivity contribution < 1.29 is 4.79 Å². The van der Waals surface area contributed by atoms with Crippen molar-refractivity contribution in [1.29, 1.82) is 5.26 Å². The molecule has 0 spiro atoms. The van der Waals surface area contributed by atoms with E-state index in [1.807, 2.05) is 43.0 Å². The van der Waals surface area contributed by atoms with Crippen molar-refractivity contribution in [3.05, 3.63) is 34.3 Å². The van der Waals surface area contributed by atoms with Crippen molar-refractivity contribution in [2.75, 3.05) is 13.1 Å². The van der Waals surface area contributed by atoms with Gasteiger partial charge in [-0.25, -0.2) is 0 Å². The maximum absolute atomic E-state index is 11.7. The number of halogens is 1. The summed E-state index contributed by atoms with van der Waals surface area (Å²) in [5, 5.41) is 8.91. The zero-order chi connectivity index (χ0) is 14.4. The number of nitriles is 1. The number of nitrogens with two attached hydrogens (primary N) is 1. The Morgan fingerprint density at radius 3 is 2.47 bits per heavy atom. The summed E-state index contributed by atoms with van der Waals surface area (Å²) in [6, 6.07) is 9.20. The Labute approximate surface area is 122 Å². The van der Waals surface area contributed by atoms with Gasteiger partial charge >= 0.3 is 0 Å². The van der Waals surface area contributed by atoms with Crippen molar-refractivity contribution >= 4 is 21.8 Å². The number of nitrogens with zero attached hydrogens (tertiary/aromatic N) is 2. The molecule has 19 heavy (non-hydrogen) atoms. The summed E-state index contributed by atoms with van der Waals surface area (Å²) in [7, 11) is 0. The van der Waals surface area contributed by atoms with Gasteiger partial charge in [0.15, 0.2) is 0 Å². The van der Waals surface area contributed by atoms with Crippen LogP contribution < -0.4 is 5.73 Å². The molecule has 2 atom stereocenters. The molecule has 0 heterocycles. The monoisotopic (exact) mass is 323 g/mol. The Hall–Kier alpha value is -1.38. The molecule has 4 nitrogen and oxygen atoms in total. The van der Waals surface area contributed by atoms with Crippen LogP contribution in [0.2, 0.25) is 0 Å². The standard InChI is InChI=1S/C14H18BrN3O/c1-3-18(9-10(2)8-16)13(14(17)19)11-4-6-12(15)7-5-11/h4-7,10,13H,3,9H2,1-2H3,(H2,17,19)/t10-,13+/m0/s1. The van der Waals surface area contributed by atoms with Crippen molar-refractivity contribution in [2.45, 2.75) is 19.9 Å². The van der Waals surface area contributed by atoms with Crippen LogP contribution in [0.1, 0.15) is 25.5 Å². The normalized spacial score (nSPS) is 13.8. The Morgan fingerprint density at radius 2 is 2.05 bits per heavy atom. The van der Waals surface area contributed by atoms with Crippen molar-refractivity contribution in [3.63, 3.8) is 0 Å². The van der Waals surface area contributed by atoms with Gasteiger partial charge in [0.1, 0.15) is 6.04 Å². The quantitative estimate of drug-likeness (QED) is 0.874. The van der Waals surface area contributed by atoms with E-state index in [1.54, 1.807) is 0 Å². The summed E-state index contributed by atoms with van der Waals surface area (Å²) in [5.41, 5.74) is 6.37. The van der Waals surface area contributed by atoms with Crippen LogP contribution in [-0.2, 0) is 4.79 Å². The van der Waals surface area contributed by atoms with E-state index in [-0.39, 0.29) is 5.92 Å². The van der Waals surface area contributed by atoms with E-state index in [9.17, 15) is 4.79 Å². The van der Waals surface area contributed by atoms with Gasteiger partial charge in [-0.15, -0.1) is 0 Å². The topological polar surface area (TPSA) is 70.1 Å². The Balaban J connectivity index is 3.01. The fourth-order valence-corrected chi connectivity index (χ4v) is 2.27. The fourth-order valence-electron chi connectivity index (χ4n) is 2.01. The van der Waals surface area contributed by atoms with Crippen molar-refractivity contribution in [3.8, 4) is 6.07 Å². The number of amides is 1. The summed E-state index contributed by atoms with van der Waals surface area (Å²) >= 11 is 3.36. The van der Waals surface area contributed by atoms with E-state index in [2.05, 4.69) is 22.0 Å². The first kappa shape index (κ1) is 15.7. The van der Waals surface area contributed by atoms with E-state index in [1.165, 1.54) is 0 Å². The highest BCUT2D eigenvalue weighted by molar-refractivity contribution is 9.10. The number of rotatable bonds is 6. The molecule has 0 bridgehead atoms. The second-order valence-corrected chi connectivity index (χ2v) is 5.39. The first-order chi connectivity index (χ1) is 8.99. The van der Waals surface area contributed by atoms with Gasteiger partial charge in [0.05, 0.1) is 12.0 Å². The minimum absolute atomic E-state index is 0.141. The first-order valence-electron chi connectivity index (χ1n) is 6.18. The van der Waals surface area contributed by atoms with Crippen LogP contribution in [0.4, 0.5) is 0 Å². The van der Waals surface area contributed by atoms with Crippen LogP contribution in [0.5, 0.6) is 0 Å². The summed E-state index contributed by atoms with van der Waals surface area (Å²) in [6.07, 6.45) is 0. The molecule has 0 fully saturated rings. The van der Waals surface area contributed by atoms with Gasteiger partial charge in [0.2, 0.25) is 5.91 Å². The lowest BCUT2D eigenvalue weighted by Gasteiger charge is -2.29. The summed E-state index contributed by atoms with van der Waals surface area (Å²) in [6.45, 7) is 4.98. The molecule has 0 aromatic heterocycles. The van der Waals surface area contributed by atoms with Gasteiger partial charge in [0, 0.05) is 11.0 Å². The van der Waals surface area contributed by atoms with Crippen LogP contribution >= 0.6 is 15.9 Å². The minimum Gasteiger partial charge on any atom is -0.368 e. The maximum Gasteiger partial charge on any atom is 0.239 e.